The molecule has 4 nitrogen and oxygen atoms in total. The summed E-state index contributed by atoms with van der Waals surface area (Å²) < 4.78 is 0. The maximum atomic E-state index is 11.9. The fourth-order valence-electron chi connectivity index (χ4n) is 1.58. The van der Waals surface area contributed by atoms with Gasteiger partial charge in [-0.2, -0.15) is 16.7 Å². The summed E-state index contributed by atoms with van der Waals surface area (Å²) >= 11 is 1.53. The van der Waals surface area contributed by atoms with Crippen molar-refractivity contribution in [3.8, 4) is 17.0 Å². The molecular weight excluding hydrogens is 236 g/mol. The minimum Gasteiger partial charge on any atom is -0.493 e. The molecule has 2 N–H and O–H groups in total. The van der Waals surface area contributed by atoms with Crippen LogP contribution in [0.3, 0.4) is 0 Å². The van der Waals surface area contributed by atoms with Crippen molar-refractivity contribution >= 4 is 11.8 Å². The molecule has 0 radical (unpaired) electrons. The van der Waals surface area contributed by atoms with Crippen molar-refractivity contribution in [1.29, 1.82) is 0 Å². The van der Waals surface area contributed by atoms with Crippen LogP contribution in [0.25, 0.3) is 11.1 Å². The van der Waals surface area contributed by atoms with E-state index in [2.05, 4.69) is 9.97 Å². The summed E-state index contributed by atoms with van der Waals surface area (Å²) in [6.45, 7) is 0. The van der Waals surface area contributed by atoms with Crippen molar-refractivity contribution in [3.63, 3.8) is 0 Å². The van der Waals surface area contributed by atoms with E-state index >= 15 is 0 Å². The minimum absolute atomic E-state index is 0.218. The number of aromatic nitrogens is 2. The fraction of sp³-hybridized carbons (Fsp3) is 0.167. The van der Waals surface area contributed by atoms with E-state index in [9.17, 15) is 9.90 Å². The lowest BCUT2D eigenvalue weighted by Gasteiger charge is -2.05. The van der Waals surface area contributed by atoms with Gasteiger partial charge in [-0.1, -0.05) is 30.3 Å². The topological polar surface area (TPSA) is 66.0 Å². The highest BCUT2D eigenvalue weighted by Gasteiger charge is 2.12. The molecule has 0 atom stereocenters. The summed E-state index contributed by atoms with van der Waals surface area (Å²) in [5.41, 5.74) is 0.567. The zero-order valence-electron chi connectivity index (χ0n) is 9.30. The second kappa shape index (κ2) is 5.05. The van der Waals surface area contributed by atoms with Crippen LogP contribution >= 0.6 is 11.8 Å². The summed E-state index contributed by atoms with van der Waals surface area (Å²) in [7, 11) is 0. The number of hydrogen-bond donors (Lipinski definition) is 2. The van der Waals surface area contributed by atoms with E-state index in [-0.39, 0.29) is 17.0 Å². The average Bonchev–Trinajstić information content (AvgIpc) is 2.30. The van der Waals surface area contributed by atoms with Crippen LogP contribution in [0, 0.1) is 0 Å². The second-order valence-electron chi connectivity index (χ2n) is 3.51. The van der Waals surface area contributed by atoms with Crippen LogP contribution in [-0.2, 0) is 5.75 Å². The number of aromatic hydroxyl groups is 1. The Kier molecular flexibility index (Phi) is 3.49. The summed E-state index contributed by atoms with van der Waals surface area (Å²) in [5.74, 6) is 0.835. The Morgan fingerprint density at radius 3 is 2.65 bits per heavy atom. The number of hydrogen-bond acceptors (Lipinski definition) is 4. The third-order valence-electron chi connectivity index (χ3n) is 2.29. The smallest absolute Gasteiger partial charge is 0.262 e. The molecule has 0 aliphatic heterocycles. The molecule has 0 saturated heterocycles. The number of nitrogens with one attached hydrogen (secondary N) is 1. The molecule has 1 aromatic heterocycles. The first-order valence-corrected chi connectivity index (χ1v) is 6.48. The van der Waals surface area contributed by atoms with Gasteiger partial charge in [0.1, 0.15) is 11.4 Å². The van der Waals surface area contributed by atoms with Gasteiger partial charge in [0.05, 0.1) is 5.75 Å². The maximum Gasteiger partial charge on any atom is 0.262 e. The molecule has 0 unspecified atom stereocenters. The van der Waals surface area contributed by atoms with Gasteiger partial charge in [0, 0.05) is 0 Å². The average molecular weight is 248 g/mol. The monoisotopic (exact) mass is 248 g/mol. The highest BCUT2D eigenvalue weighted by molar-refractivity contribution is 7.97. The fourth-order valence-corrected chi connectivity index (χ4v) is 1.99. The van der Waals surface area contributed by atoms with Crippen LogP contribution in [0.2, 0.25) is 0 Å². The van der Waals surface area contributed by atoms with Gasteiger partial charge in [-0.3, -0.25) is 4.79 Å². The van der Waals surface area contributed by atoms with Crippen molar-refractivity contribution in [2.75, 3.05) is 6.26 Å². The summed E-state index contributed by atoms with van der Waals surface area (Å²) in [4.78, 5) is 18.5. The van der Waals surface area contributed by atoms with Crippen molar-refractivity contribution in [2.24, 2.45) is 0 Å². The van der Waals surface area contributed by atoms with E-state index in [1.165, 1.54) is 11.8 Å². The predicted molar refractivity (Wildman–Crippen MR) is 69.2 cm³/mol. The normalized spacial score (nSPS) is 10.4. The van der Waals surface area contributed by atoms with Gasteiger partial charge in [0.2, 0.25) is 5.88 Å². The molecule has 1 heterocycles. The van der Waals surface area contributed by atoms with E-state index in [0.29, 0.717) is 17.1 Å². The van der Waals surface area contributed by atoms with Gasteiger partial charge in [-0.15, -0.1) is 0 Å². The number of rotatable bonds is 3. The first-order chi connectivity index (χ1) is 8.22. The standard InChI is InChI=1S/C12H12N2O2S/c1-17-7-9-13-11(15)10(12(16)14-9)8-5-3-2-4-6-8/h2-6H,7H2,1H3,(H2,13,14,15,16). The first-order valence-electron chi connectivity index (χ1n) is 5.09. The molecule has 2 aromatic rings. The Morgan fingerprint density at radius 2 is 2.06 bits per heavy atom. The molecule has 0 bridgehead atoms. The lowest BCUT2D eigenvalue weighted by Crippen LogP contribution is -2.13. The van der Waals surface area contributed by atoms with Crippen molar-refractivity contribution in [1.82, 2.24) is 9.97 Å². The predicted octanol–water partition coefficient (Wildman–Crippen LogP) is 2.01. The molecule has 88 valence electrons. The SMILES string of the molecule is CSCc1nc(O)c(-c2ccccc2)c(=O)[nH]1. The molecule has 5 heteroatoms. The van der Waals surface area contributed by atoms with Crippen LogP contribution in [0.4, 0.5) is 0 Å². The van der Waals surface area contributed by atoms with Gasteiger partial charge < -0.3 is 10.1 Å². The summed E-state index contributed by atoms with van der Waals surface area (Å²) in [6.07, 6.45) is 1.90. The van der Waals surface area contributed by atoms with Crippen LogP contribution in [-0.4, -0.2) is 21.3 Å². The number of thioether (sulfide) groups is 1. The third kappa shape index (κ3) is 2.50. The lowest BCUT2D eigenvalue weighted by molar-refractivity contribution is 0.451. The molecule has 2 rings (SSSR count). The molecule has 0 aliphatic carbocycles. The third-order valence-corrected chi connectivity index (χ3v) is 2.85. The van der Waals surface area contributed by atoms with Gasteiger partial charge >= 0.3 is 0 Å². The number of aromatic amines is 1. The number of benzene rings is 1. The van der Waals surface area contributed by atoms with Crippen molar-refractivity contribution in [2.45, 2.75) is 5.75 Å². The van der Waals surface area contributed by atoms with Gasteiger partial charge in [0.15, 0.2) is 0 Å². The highest BCUT2D eigenvalue weighted by Crippen LogP contribution is 2.23. The molecule has 0 amide bonds. The molecule has 0 aliphatic rings. The highest BCUT2D eigenvalue weighted by atomic mass is 32.2. The Bertz CT molecular complexity index is 566. The zero-order valence-corrected chi connectivity index (χ0v) is 10.1. The molecular formula is C12H12N2O2S. The molecule has 0 spiro atoms. The van der Waals surface area contributed by atoms with Gasteiger partial charge in [-0.25, -0.2) is 0 Å². The zero-order chi connectivity index (χ0) is 12.3. The Balaban J connectivity index is 2.53. The van der Waals surface area contributed by atoms with Crippen LogP contribution in [0.1, 0.15) is 5.82 Å². The summed E-state index contributed by atoms with van der Waals surface area (Å²) in [6, 6.07) is 9.00. The first kappa shape index (κ1) is 11.7. The molecule has 1 aromatic carbocycles. The van der Waals surface area contributed by atoms with Gasteiger partial charge in [-0.05, 0) is 11.8 Å². The Morgan fingerprint density at radius 1 is 1.35 bits per heavy atom. The Hall–Kier alpha value is -1.75. The van der Waals surface area contributed by atoms with Crippen molar-refractivity contribution in [3.05, 3.63) is 46.5 Å². The minimum atomic E-state index is -0.312. The van der Waals surface area contributed by atoms with Crippen molar-refractivity contribution < 1.29 is 5.11 Å². The van der Waals surface area contributed by atoms with E-state index in [1.807, 2.05) is 24.5 Å². The van der Waals surface area contributed by atoms with E-state index in [0.717, 1.165) is 0 Å². The van der Waals surface area contributed by atoms with Crippen LogP contribution in [0.5, 0.6) is 5.88 Å². The maximum absolute atomic E-state index is 11.9. The van der Waals surface area contributed by atoms with E-state index in [4.69, 9.17) is 0 Å². The quantitative estimate of drug-likeness (QED) is 0.872. The second-order valence-corrected chi connectivity index (χ2v) is 4.38. The molecule has 0 saturated carbocycles. The molecule has 17 heavy (non-hydrogen) atoms. The summed E-state index contributed by atoms with van der Waals surface area (Å²) in [5, 5.41) is 9.81. The number of H-pyrrole nitrogens is 1. The lowest BCUT2D eigenvalue weighted by atomic mass is 10.1. The number of nitrogens with zero attached hydrogens (tertiary/aromatic N) is 1. The van der Waals surface area contributed by atoms with E-state index < -0.39 is 0 Å². The molecule has 0 fully saturated rings. The van der Waals surface area contributed by atoms with Gasteiger partial charge in [0.25, 0.3) is 5.56 Å². The van der Waals surface area contributed by atoms with Crippen LogP contribution in [0.15, 0.2) is 35.1 Å². The Labute approximate surface area is 103 Å². The largest absolute Gasteiger partial charge is 0.493 e. The van der Waals surface area contributed by atoms with E-state index in [1.54, 1.807) is 12.1 Å². The van der Waals surface area contributed by atoms with Crippen LogP contribution < -0.4 is 5.56 Å².